The SMILES string of the molecule is Cc1ccsc1CN(C)C(=O)C1CCC(N)C(C)C1(C)C. The van der Waals surface area contributed by atoms with E-state index in [0.717, 1.165) is 19.4 Å². The van der Waals surface area contributed by atoms with Crippen molar-refractivity contribution >= 4 is 17.2 Å². The molecule has 0 aromatic carbocycles. The fourth-order valence-corrected chi connectivity index (χ4v) is 4.38. The van der Waals surface area contributed by atoms with Crippen LogP contribution in [0.2, 0.25) is 0 Å². The first kappa shape index (κ1) is 16.5. The molecule has 1 amide bonds. The monoisotopic (exact) mass is 308 g/mol. The van der Waals surface area contributed by atoms with E-state index in [9.17, 15) is 4.79 Å². The molecule has 2 N–H and O–H groups in total. The quantitative estimate of drug-likeness (QED) is 0.930. The summed E-state index contributed by atoms with van der Waals surface area (Å²) in [6.45, 7) is 9.41. The van der Waals surface area contributed by atoms with E-state index in [0.29, 0.717) is 5.92 Å². The average molecular weight is 308 g/mol. The van der Waals surface area contributed by atoms with Gasteiger partial charge in [-0.05, 0) is 48.1 Å². The Hall–Kier alpha value is -0.870. The van der Waals surface area contributed by atoms with Gasteiger partial charge in [-0.15, -0.1) is 11.3 Å². The summed E-state index contributed by atoms with van der Waals surface area (Å²) in [4.78, 5) is 16.1. The Morgan fingerprint density at radius 2 is 2.14 bits per heavy atom. The molecule has 0 bridgehead atoms. The van der Waals surface area contributed by atoms with Crippen molar-refractivity contribution in [2.24, 2.45) is 23.0 Å². The normalized spacial score (nSPS) is 28.4. The third-order valence-corrected chi connectivity index (χ3v) is 6.53. The Kier molecular flexibility index (Phi) is 4.79. The fourth-order valence-electron chi connectivity index (χ4n) is 3.42. The maximum absolute atomic E-state index is 12.9. The molecule has 1 fully saturated rings. The second kappa shape index (κ2) is 6.09. The van der Waals surface area contributed by atoms with Gasteiger partial charge in [-0.3, -0.25) is 4.79 Å². The van der Waals surface area contributed by atoms with Crippen LogP contribution in [0.4, 0.5) is 0 Å². The highest BCUT2D eigenvalue weighted by Gasteiger charge is 2.45. The first-order chi connectivity index (χ1) is 9.75. The van der Waals surface area contributed by atoms with E-state index in [1.54, 1.807) is 11.3 Å². The lowest BCUT2D eigenvalue weighted by atomic mass is 9.61. The van der Waals surface area contributed by atoms with E-state index in [1.807, 2.05) is 11.9 Å². The van der Waals surface area contributed by atoms with Crippen LogP contribution in [0.5, 0.6) is 0 Å². The van der Waals surface area contributed by atoms with Gasteiger partial charge in [0.05, 0.1) is 6.54 Å². The van der Waals surface area contributed by atoms with Gasteiger partial charge in [0.25, 0.3) is 0 Å². The standard InChI is InChI=1S/C17H28N2OS/c1-11-8-9-21-15(11)10-19(5)16(20)13-6-7-14(18)12(2)17(13,3)4/h8-9,12-14H,6-7,10,18H2,1-5H3. The molecule has 1 aromatic rings. The van der Waals surface area contributed by atoms with Crippen LogP contribution in [0.3, 0.4) is 0 Å². The summed E-state index contributed by atoms with van der Waals surface area (Å²) >= 11 is 1.73. The predicted octanol–water partition coefficient (Wildman–Crippen LogP) is 3.41. The van der Waals surface area contributed by atoms with E-state index in [1.165, 1.54) is 10.4 Å². The molecule has 3 atom stereocenters. The number of carbonyl (C=O) groups is 1. The second-order valence-electron chi connectivity index (χ2n) is 7.12. The van der Waals surface area contributed by atoms with Gasteiger partial charge in [0.2, 0.25) is 5.91 Å². The summed E-state index contributed by atoms with van der Waals surface area (Å²) in [7, 11) is 1.93. The van der Waals surface area contributed by atoms with Crippen molar-refractivity contribution in [3.63, 3.8) is 0 Å². The van der Waals surface area contributed by atoms with Crippen LogP contribution in [0.15, 0.2) is 11.4 Å². The molecular formula is C17H28N2OS. The topological polar surface area (TPSA) is 46.3 Å². The molecule has 3 nitrogen and oxygen atoms in total. The van der Waals surface area contributed by atoms with Crippen LogP contribution in [0.1, 0.15) is 44.1 Å². The van der Waals surface area contributed by atoms with Crippen LogP contribution in [-0.4, -0.2) is 23.9 Å². The summed E-state index contributed by atoms with van der Waals surface area (Å²) in [5, 5.41) is 2.09. The third kappa shape index (κ3) is 3.16. The molecule has 21 heavy (non-hydrogen) atoms. The Labute approximate surface area is 132 Å². The molecule has 3 unspecified atom stereocenters. The maximum atomic E-state index is 12.9. The highest BCUT2D eigenvalue weighted by atomic mass is 32.1. The zero-order valence-electron chi connectivity index (χ0n) is 13.8. The molecule has 0 radical (unpaired) electrons. The van der Waals surface area contributed by atoms with Crippen LogP contribution in [0.25, 0.3) is 0 Å². The van der Waals surface area contributed by atoms with Crippen molar-refractivity contribution in [3.05, 3.63) is 21.9 Å². The molecule has 1 aliphatic carbocycles. The number of nitrogens with two attached hydrogens (primary N) is 1. The van der Waals surface area contributed by atoms with Crippen molar-refractivity contribution in [2.45, 2.75) is 53.1 Å². The molecule has 0 saturated heterocycles. The van der Waals surface area contributed by atoms with E-state index >= 15 is 0 Å². The molecule has 118 valence electrons. The van der Waals surface area contributed by atoms with Gasteiger partial charge in [-0.25, -0.2) is 0 Å². The zero-order chi connectivity index (χ0) is 15.8. The number of hydrogen-bond acceptors (Lipinski definition) is 3. The number of amides is 1. The molecular weight excluding hydrogens is 280 g/mol. The molecule has 0 spiro atoms. The minimum atomic E-state index is -0.0342. The van der Waals surface area contributed by atoms with E-state index in [-0.39, 0.29) is 23.3 Å². The highest BCUT2D eigenvalue weighted by Crippen LogP contribution is 2.45. The number of thiophene rings is 1. The fraction of sp³-hybridized carbons (Fsp3) is 0.706. The van der Waals surface area contributed by atoms with Gasteiger partial charge in [0, 0.05) is 23.9 Å². The first-order valence-corrected chi connectivity index (χ1v) is 8.66. The third-order valence-electron chi connectivity index (χ3n) is 5.53. The highest BCUT2D eigenvalue weighted by molar-refractivity contribution is 7.10. The van der Waals surface area contributed by atoms with Crippen LogP contribution < -0.4 is 5.73 Å². The molecule has 1 aromatic heterocycles. The molecule has 1 saturated carbocycles. The Morgan fingerprint density at radius 3 is 2.71 bits per heavy atom. The zero-order valence-corrected chi connectivity index (χ0v) is 14.7. The van der Waals surface area contributed by atoms with E-state index in [4.69, 9.17) is 5.73 Å². The second-order valence-corrected chi connectivity index (χ2v) is 8.13. The van der Waals surface area contributed by atoms with Crippen LogP contribution in [0, 0.1) is 24.2 Å². The minimum absolute atomic E-state index is 0.0342. The number of nitrogens with zero attached hydrogens (tertiary/aromatic N) is 1. The first-order valence-electron chi connectivity index (χ1n) is 7.78. The average Bonchev–Trinajstić information content (AvgIpc) is 2.81. The summed E-state index contributed by atoms with van der Waals surface area (Å²) in [6.07, 6.45) is 1.86. The van der Waals surface area contributed by atoms with Crippen molar-refractivity contribution in [3.8, 4) is 0 Å². The Morgan fingerprint density at radius 1 is 1.48 bits per heavy atom. The molecule has 1 aliphatic rings. The van der Waals surface area contributed by atoms with Crippen molar-refractivity contribution < 1.29 is 4.79 Å². The predicted molar refractivity (Wildman–Crippen MR) is 89.2 cm³/mol. The summed E-state index contributed by atoms with van der Waals surface area (Å²) in [5.41, 5.74) is 7.44. The number of hydrogen-bond donors (Lipinski definition) is 1. The number of rotatable bonds is 3. The lowest BCUT2D eigenvalue weighted by Gasteiger charge is -2.47. The Bertz CT molecular complexity index is 509. The molecule has 4 heteroatoms. The lowest BCUT2D eigenvalue weighted by molar-refractivity contribution is -0.142. The summed E-state index contributed by atoms with van der Waals surface area (Å²) in [5.74, 6) is 0.723. The smallest absolute Gasteiger partial charge is 0.226 e. The summed E-state index contributed by atoms with van der Waals surface area (Å²) in [6, 6.07) is 2.33. The van der Waals surface area contributed by atoms with Gasteiger partial charge in [0.15, 0.2) is 0 Å². The molecule has 2 rings (SSSR count). The van der Waals surface area contributed by atoms with Gasteiger partial charge >= 0.3 is 0 Å². The largest absolute Gasteiger partial charge is 0.340 e. The molecule has 0 aliphatic heterocycles. The lowest BCUT2D eigenvalue weighted by Crippen LogP contribution is -2.51. The van der Waals surface area contributed by atoms with Gasteiger partial charge in [-0.2, -0.15) is 0 Å². The van der Waals surface area contributed by atoms with Gasteiger partial charge in [-0.1, -0.05) is 20.8 Å². The van der Waals surface area contributed by atoms with Gasteiger partial charge < -0.3 is 10.6 Å². The van der Waals surface area contributed by atoms with Crippen LogP contribution in [-0.2, 0) is 11.3 Å². The number of aryl methyl sites for hydroxylation is 1. The van der Waals surface area contributed by atoms with Crippen LogP contribution >= 0.6 is 11.3 Å². The summed E-state index contributed by atoms with van der Waals surface area (Å²) < 4.78 is 0. The van der Waals surface area contributed by atoms with E-state index in [2.05, 4.69) is 39.1 Å². The van der Waals surface area contributed by atoms with Crippen molar-refractivity contribution in [2.75, 3.05) is 7.05 Å². The number of carbonyl (C=O) groups excluding carboxylic acids is 1. The molecule has 1 heterocycles. The van der Waals surface area contributed by atoms with Crippen molar-refractivity contribution in [1.29, 1.82) is 0 Å². The van der Waals surface area contributed by atoms with Crippen molar-refractivity contribution in [1.82, 2.24) is 4.90 Å². The minimum Gasteiger partial charge on any atom is -0.340 e. The Balaban J connectivity index is 2.10. The van der Waals surface area contributed by atoms with Gasteiger partial charge in [0.1, 0.15) is 0 Å². The van der Waals surface area contributed by atoms with E-state index < -0.39 is 0 Å². The maximum Gasteiger partial charge on any atom is 0.226 e.